The lowest BCUT2D eigenvalue weighted by atomic mass is 9.86. The lowest BCUT2D eigenvalue weighted by Crippen LogP contribution is -2.54. The maximum Gasteiger partial charge on any atom is 0.322 e. The predicted octanol–water partition coefficient (Wildman–Crippen LogP) is 1.16. The number of imide groups is 1. The van der Waals surface area contributed by atoms with Gasteiger partial charge in [-0.05, 0) is 25.3 Å². The molecule has 1 aliphatic carbocycles. The van der Waals surface area contributed by atoms with Gasteiger partial charge in [-0.3, -0.25) is 14.9 Å². The van der Waals surface area contributed by atoms with E-state index in [0.717, 1.165) is 0 Å². The summed E-state index contributed by atoms with van der Waals surface area (Å²) in [6.45, 7) is 0.119. The number of benzene rings is 1. The normalized spacial score (nSPS) is 26.3. The minimum Gasteiger partial charge on any atom is -0.341 e. The number of urea groups is 1. The van der Waals surface area contributed by atoms with Gasteiger partial charge < -0.3 is 10.2 Å². The zero-order valence-corrected chi connectivity index (χ0v) is 12.8. The second kappa shape index (κ2) is 5.64. The van der Waals surface area contributed by atoms with Gasteiger partial charge in [-0.25, -0.2) is 9.18 Å². The van der Waals surface area contributed by atoms with E-state index in [1.165, 1.54) is 11.0 Å². The first kappa shape index (κ1) is 15.5. The van der Waals surface area contributed by atoms with E-state index in [4.69, 9.17) is 0 Å². The molecule has 23 heavy (non-hydrogen) atoms. The van der Waals surface area contributed by atoms with Gasteiger partial charge in [0.05, 0.1) is 5.92 Å². The molecule has 1 aromatic carbocycles. The number of amides is 4. The number of carbonyl (C=O) groups excluding carboxylic acids is 3. The van der Waals surface area contributed by atoms with Gasteiger partial charge in [0.15, 0.2) is 0 Å². The summed E-state index contributed by atoms with van der Waals surface area (Å²) in [6.07, 6.45) is 1.64. The van der Waals surface area contributed by atoms with E-state index in [2.05, 4.69) is 10.6 Å². The van der Waals surface area contributed by atoms with Gasteiger partial charge in [0, 0.05) is 19.2 Å². The molecule has 122 valence electrons. The summed E-state index contributed by atoms with van der Waals surface area (Å²) in [5.41, 5.74) is -0.743. The second-order valence-electron chi connectivity index (χ2n) is 6.11. The fraction of sp³-hybridized carbons (Fsp3) is 0.438. The Labute approximate surface area is 133 Å². The Morgan fingerprint density at radius 1 is 1.39 bits per heavy atom. The van der Waals surface area contributed by atoms with E-state index in [-0.39, 0.29) is 18.3 Å². The maximum atomic E-state index is 13.7. The highest BCUT2D eigenvalue weighted by molar-refractivity contribution is 6.09. The molecule has 1 saturated carbocycles. The van der Waals surface area contributed by atoms with Gasteiger partial charge in [0.2, 0.25) is 5.91 Å². The molecule has 2 fully saturated rings. The lowest BCUT2D eigenvalue weighted by Gasteiger charge is -2.30. The highest BCUT2D eigenvalue weighted by atomic mass is 19.1. The number of nitrogens with one attached hydrogen (secondary N) is 2. The van der Waals surface area contributed by atoms with Crippen LogP contribution in [0.25, 0.3) is 0 Å². The van der Waals surface area contributed by atoms with Crippen LogP contribution in [0.3, 0.4) is 0 Å². The molecule has 1 spiro atoms. The zero-order chi connectivity index (χ0) is 16.6. The van der Waals surface area contributed by atoms with E-state index in [0.29, 0.717) is 24.8 Å². The zero-order valence-electron chi connectivity index (χ0n) is 12.8. The summed E-state index contributed by atoms with van der Waals surface area (Å²) in [5, 5.41) is 4.83. The third-order valence-corrected chi connectivity index (χ3v) is 4.67. The van der Waals surface area contributed by atoms with E-state index in [1.807, 2.05) is 0 Å². The van der Waals surface area contributed by atoms with Gasteiger partial charge in [0.25, 0.3) is 5.91 Å². The molecule has 1 heterocycles. The van der Waals surface area contributed by atoms with Crippen molar-refractivity contribution in [1.82, 2.24) is 15.5 Å². The van der Waals surface area contributed by atoms with Crippen LogP contribution in [0.2, 0.25) is 0 Å². The SMILES string of the molecule is CN(Cc1ccccc1F)C(=O)C1CCCC12NC(=O)NC2=O. The summed E-state index contributed by atoms with van der Waals surface area (Å²) in [4.78, 5) is 37.8. The Kier molecular flexibility index (Phi) is 3.79. The standard InChI is InChI=1S/C16H18FN3O3/c1-20(9-10-5-2-3-7-12(10)17)13(21)11-6-4-8-16(11)14(22)18-15(23)19-16/h2-3,5,7,11H,4,6,8-9H2,1H3,(H2,18,19,22,23). The van der Waals surface area contributed by atoms with Gasteiger partial charge in [-0.2, -0.15) is 0 Å². The van der Waals surface area contributed by atoms with Crippen molar-refractivity contribution >= 4 is 17.8 Å². The number of nitrogens with zero attached hydrogens (tertiary/aromatic N) is 1. The van der Waals surface area contributed by atoms with Crippen LogP contribution in [0.15, 0.2) is 24.3 Å². The highest BCUT2D eigenvalue weighted by Crippen LogP contribution is 2.39. The minimum atomic E-state index is -1.16. The monoisotopic (exact) mass is 319 g/mol. The maximum absolute atomic E-state index is 13.7. The summed E-state index contributed by atoms with van der Waals surface area (Å²) in [7, 11) is 1.58. The van der Waals surface area contributed by atoms with E-state index in [1.54, 1.807) is 25.2 Å². The number of carbonyl (C=O) groups is 3. The van der Waals surface area contributed by atoms with Crippen molar-refractivity contribution in [2.45, 2.75) is 31.3 Å². The summed E-state index contributed by atoms with van der Waals surface area (Å²) in [6, 6.07) is 5.69. The molecular formula is C16H18FN3O3. The number of rotatable bonds is 3. The smallest absolute Gasteiger partial charge is 0.322 e. The molecule has 1 aliphatic heterocycles. The lowest BCUT2D eigenvalue weighted by molar-refractivity contribution is -0.140. The van der Waals surface area contributed by atoms with E-state index in [9.17, 15) is 18.8 Å². The molecule has 2 aliphatic rings. The van der Waals surface area contributed by atoms with Crippen LogP contribution in [0.1, 0.15) is 24.8 Å². The molecule has 7 heteroatoms. The molecule has 0 radical (unpaired) electrons. The fourth-order valence-electron chi connectivity index (χ4n) is 3.49. The molecule has 1 aromatic rings. The van der Waals surface area contributed by atoms with Gasteiger partial charge in [-0.1, -0.05) is 18.2 Å². The Morgan fingerprint density at radius 2 is 2.13 bits per heavy atom. The Morgan fingerprint density at radius 3 is 2.78 bits per heavy atom. The van der Waals surface area contributed by atoms with Crippen LogP contribution in [0.5, 0.6) is 0 Å². The van der Waals surface area contributed by atoms with Gasteiger partial charge >= 0.3 is 6.03 Å². The van der Waals surface area contributed by atoms with Crippen molar-refractivity contribution in [3.05, 3.63) is 35.6 Å². The molecule has 3 rings (SSSR count). The van der Waals surface area contributed by atoms with Crippen LogP contribution in [-0.4, -0.2) is 35.3 Å². The molecule has 2 N–H and O–H groups in total. The molecule has 2 atom stereocenters. The van der Waals surface area contributed by atoms with Crippen molar-refractivity contribution in [1.29, 1.82) is 0 Å². The van der Waals surface area contributed by atoms with Crippen LogP contribution >= 0.6 is 0 Å². The average molecular weight is 319 g/mol. The molecule has 0 bridgehead atoms. The highest BCUT2D eigenvalue weighted by Gasteiger charge is 2.57. The Bertz CT molecular complexity index is 678. The first-order chi connectivity index (χ1) is 10.9. The second-order valence-corrected chi connectivity index (χ2v) is 6.11. The predicted molar refractivity (Wildman–Crippen MR) is 79.6 cm³/mol. The largest absolute Gasteiger partial charge is 0.341 e. The fourth-order valence-corrected chi connectivity index (χ4v) is 3.49. The van der Waals surface area contributed by atoms with Crippen LogP contribution < -0.4 is 10.6 Å². The number of hydrogen-bond acceptors (Lipinski definition) is 3. The molecule has 2 unspecified atom stereocenters. The first-order valence-corrected chi connectivity index (χ1v) is 7.56. The molecule has 1 saturated heterocycles. The minimum absolute atomic E-state index is 0.119. The Balaban J connectivity index is 1.78. The van der Waals surface area contributed by atoms with E-state index >= 15 is 0 Å². The number of halogens is 1. The molecular weight excluding hydrogens is 301 g/mol. The van der Waals surface area contributed by atoms with Crippen molar-refractivity contribution in [2.24, 2.45) is 5.92 Å². The number of hydrogen-bond donors (Lipinski definition) is 2. The van der Waals surface area contributed by atoms with Crippen LogP contribution in [0.4, 0.5) is 9.18 Å². The topological polar surface area (TPSA) is 78.5 Å². The van der Waals surface area contributed by atoms with Gasteiger partial charge in [-0.15, -0.1) is 0 Å². The van der Waals surface area contributed by atoms with Crippen molar-refractivity contribution in [3.63, 3.8) is 0 Å². The summed E-state index contributed by atoms with van der Waals surface area (Å²) in [5.74, 6) is -1.70. The molecule has 0 aromatic heterocycles. The summed E-state index contributed by atoms with van der Waals surface area (Å²) >= 11 is 0. The van der Waals surface area contributed by atoms with Crippen LogP contribution in [0, 0.1) is 11.7 Å². The van der Waals surface area contributed by atoms with Gasteiger partial charge in [0.1, 0.15) is 11.4 Å². The first-order valence-electron chi connectivity index (χ1n) is 7.56. The molecule has 4 amide bonds. The van der Waals surface area contributed by atoms with E-state index < -0.39 is 23.4 Å². The molecule has 6 nitrogen and oxygen atoms in total. The average Bonchev–Trinajstić information content (AvgIpc) is 3.05. The third-order valence-electron chi connectivity index (χ3n) is 4.67. The van der Waals surface area contributed by atoms with Crippen molar-refractivity contribution < 1.29 is 18.8 Å². The van der Waals surface area contributed by atoms with Crippen molar-refractivity contribution in [3.8, 4) is 0 Å². The third kappa shape index (κ3) is 2.56. The quantitative estimate of drug-likeness (QED) is 0.821. The van der Waals surface area contributed by atoms with Crippen LogP contribution in [-0.2, 0) is 16.1 Å². The summed E-state index contributed by atoms with van der Waals surface area (Å²) < 4.78 is 13.7. The Hall–Kier alpha value is -2.44. The van der Waals surface area contributed by atoms with Crippen molar-refractivity contribution in [2.75, 3.05) is 7.05 Å².